The molecule has 0 spiro atoms. The average molecular weight is 370 g/mol. The minimum atomic E-state index is 0.113. The molecule has 5 nitrogen and oxygen atoms in total. The largest absolute Gasteiger partial charge is 0.496 e. The summed E-state index contributed by atoms with van der Waals surface area (Å²) in [5.74, 6) is 0.922. The van der Waals surface area contributed by atoms with Gasteiger partial charge >= 0.3 is 0 Å². The average Bonchev–Trinajstić information content (AvgIpc) is 2.54. The zero-order chi connectivity index (χ0) is 15.8. The molecule has 1 amide bonds. The number of hydrogen-bond donors (Lipinski definition) is 2. The number of amides is 1. The van der Waals surface area contributed by atoms with Crippen LogP contribution in [0, 0.1) is 0 Å². The van der Waals surface area contributed by atoms with Crippen LogP contribution in [0.15, 0.2) is 22.7 Å². The first kappa shape index (κ1) is 17.2. The lowest BCUT2D eigenvalue weighted by atomic mass is 10.1. The Labute approximate surface area is 140 Å². The van der Waals surface area contributed by atoms with Crippen LogP contribution in [-0.2, 0) is 11.2 Å². The molecule has 22 heavy (non-hydrogen) atoms. The Bertz CT molecular complexity index is 490. The highest BCUT2D eigenvalue weighted by atomic mass is 79.9. The van der Waals surface area contributed by atoms with Gasteiger partial charge in [0.2, 0.25) is 5.91 Å². The molecule has 0 aliphatic carbocycles. The fourth-order valence-electron chi connectivity index (χ4n) is 2.50. The SMILES string of the molecule is COc1ccc(CCC(=O)NCCN2CCNCC2)cc1Br. The highest BCUT2D eigenvalue weighted by molar-refractivity contribution is 9.10. The number of nitrogens with zero attached hydrogens (tertiary/aromatic N) is 1. The standard InChI is InChI=1S/C16H24BrN3O2/c1-22-15-4-2-13(12-14(15)17)3-5-16(21)19-8-11-20-9-6-18-7-10-20/h2,4,12,18H,3,5-11H2,1H3,(H,19,21). The molecule has 1 heterocycles. The molecule has 0 bridgehead atoms. The molecule has 1 saturated heterocycles. The molecule has 1 aromatic rings. The second-order valence-corrected chi connectivity index (χ2v) is 6.26. The number of benzene rings is 1. The third kappa shape index (κ3) is 5.59. The third-order valence-electron chi connectivity index (χ3n) is 3.82. The number of nitrogens with one attached hydrogen (secondary N) is 2. The number of hydrogen-bond acceptors (Lipinski definition) is 4. The molecule has 0 atom stereocenters. The maximum Gasteiger partial charge on any atom is 0.220 e. The first-order valence-electron chi connectivity index (χ1n) is 7.71. The second-order valence-electron chi connectivity index (χ2n) is 5.41. The molecule has 1 aliphatic rings. The first-order chi connectivity index (χ1) is 10.7. The van der Waals surface area contributed by atoms with Crippen LogP contribution in [0.5, 0.6) is 5.75 Å². The van der Waals surface area contributed by atoms with E-state index in [0.29, 0.717) is 6.42 Å². The van der Waals surface area contributed by atoms with E-state index in [9.17, 15) is 4.79 Å². The zero-order valence-corrected chi connectivity index (χ0v) is 14.6. The summed E-state index contributed by atoms with van der Waals surface area (Å²) in [7, 11) is 1.64. The van der Waals surface area contributed by atoms with Gasteiger partial charge in [-0.3, -0.25) is 9.69 Å². The van der Waals surface area contributed by atoms with Crippen LogP contribution >= 0.6 is 15.9 Å². The van der Waals surface area contributed by atoms with Crippen LogP contribution in [0.3, 0.4) is 0 Å². The van der Waals surface area contributed by atoms with Crippen LogP contribution in [0.1, 0.15) is 12.0 Å². The Morgan fingerprint density at radius 3 is 2.86 bits per heavy atom. The van der Waals surface area contributed by atoms with E-state index in [1.165, 1.54) is 0 Å². The summed E-state index contributed by atoms with van der Waals surface area (Å²) in [6.45, 7) is 5.87. The van der Waals surface area contributed by atoms with Gasteiger partial charge in [-0.2, -0.15) is 0 Å². The lowest BCUT2D eigenvalue weighted by Gasteiger charge is -2.27. The van der Waals surface area contributed by atoms with E-state index in [1.54, 1.807) is 7.11 Å². The summed E-state index contributed by atoms with van der Waals surface area (Å²) in [5, 5.41) is 6.32. The summed E-state index contributed by atoms with van der Waals surface area (Å²) in [5.41, 5.74) is 1.13. The van der Waals surface area contributed by atoms with Gasteiger partial charge in [0, 0.05) is 45.7 Å². The van der Waals surface area contributed by atoms with Crippen LogP contribution in [0.4, 0.5) is 0 Å². The van der Waals surface area contributed by atoms with Gasteiger partial charge in [-0.15, -0.1) is 0 Å². The van der Waals surface area contributed by atoms with Gasteiger partial charge in [0.25, 0.3) is 0 Å². The molecule has 1 aliphatic heterocycles. The number of methoxy groups -OCH3 is 1. The zero-order valence-electron chi connectivity index (χ0n) is 13.0. The van der Waals surface area contributed by atoms with Gasteiger partial charge in [-0.1, -0.05) is 6.07 Å². The predicted molar refractivity (Wildman–Crippen MR) is 91.3 cm³/mol. The number of carbonyl (C=O) groups excluding carboxylic acids is 1. The molecule has 0 unspecified atom stereocenters. The number of piperazine rings is 1. The van der Waals surface area contributed by atoms with Crippen molar-refractivity contribution < 1.29 is 9.53 Å². The highest BCUT2D eigenvalue weighted by Crippen LogP contribution is 2.25. The van der Waals surface area contributed by atoms with Crippen molar-refractivity contribution >= 4 is 21.8 Å². The Kier molecular flexibility index (Phi) is 7.15. The van der Waals surface area contributed by atoms with Gasteiger partial charge in [0.15, 0.2) is 0 Å². The minimum Gasteiger partial charge on any atom is -0.496 e. The highest BCUT2D eigenvalue weighted by Gasteiger charge is 2.09. The van der Waals surface area contributed by atoms with E-state index in [1.807, 2.05) is 18.2 Å². The summed E-state index contributed by atoms with van der Waals surface area (Å²) in [6, 6.07) is 5.92. The lowest BCUT2D eigenvalue weighted by molar-refractivity contribution is -0.121. The maximum absolute atomic E-state index is 11.9. The van der Waals surface area contributed by atoms with Gasteiger partial charge in [-0.05, 0) is 40.0 Å². The van der Waals surface area contributed by atoms with Gasteiger partial charge in [0.1, 0.15) is 5.75 Å². The molecular formula is C16H24BrN3O2. The molecule has 0 radical (unpaired) electrons. The topological polar surface area (TPSA) is 53.6 Å². The second kappa shape index (κ2) is 9.12. The predicted octanol–water partition coefficient (Wildman–Crippen LogP) is 1.41. The quantitative estimate of drug-likeness (QED) is 0.762. The Balaban J connectivity index is 1.65. The number of rotatable bonds is 7. The first-order valence-corrected chi connectivity index (χ1v) is 8.50. The van der Waals surface area contributed by atoms with Crippen molar-refractivity contribution in [3.05, 3.63) is 28.2 Å². The molecule has 0 aromatic heterocycles. The molecule has 0 saturated carbocycles. The summed E-state index contributed by atoms with van der Waals surface area (Å²) in [4.78, 5) is 14.3. The van der Waals surface area contributed by atoms with Crippen molar-refractivity contribution in [2.45, 2.75) is 12.8 Å². The van der Waals surface area contributed by atoms with Crippen molar-refractivity contribution in [2.75, 3.05) is 46.4 Å². The minimum absolute atomic E-state index is 0.113. The Morgan fingerprint density at radius 1 is 1.41 bits per heavy atom. The number of ether oxygens (including phenoxy) is 1. The van der Waals surface area contributed by atoms with Crippen molar-refractivity contribution in [3.8, 4) is 5.75 Å². The number of halogens is 1. The Morgan fingerprint density at radius 2 is 2.18 bits per heavy atom. The molecule has 122 valence electrons. The van der Waals surface area contributed by atoms with E-state index >= 15 is 0 Å². The van der Waals surface area contributed by atoms with Crippen molar-refractivity contribution in [2.24, 2.45) is 0 Å². The molecule has 2 rings (SSSR count). The third-order valence-corrected chi connectivity index (χ3v) is 4.44. The molecule has 1 aromatic carbocycles. The monoisotopic (exact) mass is 369 g/mol. The molecule has 6 heteroatoms. The van der Waals surface area contributed by atoms with Crippen LogP contribution in [0.25, 0.3) is 0 Å². The van der Waals surface area contributed by atoms with E-state index in [-0.39, 0.29) is 5.91 Å². The van der Waals surface area contributed by atoms with Crippen LogP contribution in [-0.4, -0.2) is 57.2 Å². The maximum atomic E-state index is 11.9. The summed E-state index contributed by atoms with van der Waals surface area (Å²) >= 11 is 3.46. The van der Waals surface area contributed by atoms with Crippen LogP contribution < -0.4 is 15.4 Å². The molecule has 1 fully saturated rings. The summed E-state index contributed by atoms with van der Waals surface area (Å²) < 4.78 is 6.12. The summed E-state index contributed by atoms with van der Waals surface area (Å²) in [6.07, 6.45) is 1.25. The van der Waals surface area contributed by atoms with Crippen molar-refractivity contribution in [3.63, 3.8) is 0 Å². The molecular weight excluding hydrogens is 346 g/mol. The van der Waals surface area contributed by atoms with Crippen molar-refractivity contribution in [1.82, 2.24) is 15.5 Å². The smallest absolute Gasteiger partial charge is 0.220 e. The number of aryl methyl sites for hydroxylation is 1. The van der Waals surface area contributed by atoms with E-state index < -0.39 is 0 Å². The van der Waals surface area contributed by atoms with E-state index in [4.69, 9.17) is 4.74 Å². The van der Waals surface area contributed by atoms with E-state index in [2.05, 4.69) is 31.5 Å². The Hall–Kier alpha value is -1.11. The van der Waals surface area contributed by atoms with Gasteiger partial charge < -0.3 is 15.4 Å². The van der Waals surface area contributed by atoms with Gasteiger partial charge in [-0.25, -0.2) is 0 Å². The van der Waals surface area contributed by atoms with Crippen LogP contribution in [0.2, 0.25) is 0 Å². The van der Waals surface area contributed by atoms with Gasteiger partial charge in [0.05, 0.1) is 11.6 Å². The van der Waals surface area contributed by atoms with E-state index in [0.717, 1.165) is 61.5 Å². The molecule has 2 N–H and O–H groups in total. The number of carbonyl (C=O) groups is 1. The lowest BCUT2D eigenvalue weighted by Crippen LogP contribution is -2.46. The fourth-order valence-corrected chi connectivity index (χ4v) is 3.09. The fraction of sp³-hybridized carbons (Fsp3) is 0.562. The van der Waals surface area contributed by atoms with Crippen molar-refractivity contribution in [1.29, 1.82) is 0 Å². The normalized spacial score (nSPS) is 15.5.